The van der Waals surface area contributed by atoms with Gasteiger partial charge in [-0.2, -0.15) is 0 Å². The molecule has 0 aliphatic carbocycles. The maximum atomic E-state index is 13.8. The minimum atomic E-state index is -0.791. The molecule has 1 amide bonds. The minimum Gasteiger partial charge on any atom is -0.337 e. The van der Waals surface area contributed by atoms with Crippen molar-refractivity contribution in [2.75, 3.05) is 19.6 Å². The van der Waals surface area contributed by atoms with Gasteiger partial charge in [-0.15, -0.1) is 0 Å². The number of hydrogen-bond donors (Lipinski definition) is 1. The number of carbonyl (C=O) groups excluding carboxylic acids is 1. The lowest BCUT2D eigenvalue weighted by Gasteiger charge is -2.26. The van der Waals surface area contributed by atoms with E-state index in [-0.39, 0.29) is 6.04 Å². The predicted molar refractivity (Wildman–Crippen MR) is 78.2 cm³/mol. The molecule has 1 fully saturated rings. The Morgan fingerprint density at radius 2 is 2.10 bits per heavy atom. The smallest absolute Gasteiger partial charge is 0.259 e. The molecule has 1 unspecified atom stereocenters. The molecule has 116 valence electrons. The standard InChI is InChI=1S/C16H22F2N2O/c1-2-3-10-20(11-12-6-5-9-19-12)16(21)15-13(17)7-4-8-14(15)18/h4,7-8,12,19H,2-3,5-6,9-11H2,1H3. The number of unbranched alkanes of at least 4 members (excludes halogenated alkanes) is 1. The van der Waals surface area contributed by atoms with Crippen LogP contribution in [-0.2, 0) is 0 Å². The largest absolute Gasteiger partial charge is 0.337 e. The summed E-state index contributed by atoms with van der Waals surface area (Å²) in [6.45, 7) is 4.00. The third-order valence-corrected chi connectivity index (χ3v) is 3.85. The second kappa shape index (κ2) is 7.50. The quantitative estimate of drug-likeness (QED) is 0.875. The summed E-state index contributed by atoms with van der Waals surface area (Å²) < 4.78 is 27.6. The van der Waals surface area contributed by atoms with Gasteiger partial charge in [0, 0.05) is 19.1 Å². The first-order chi connectivity index (χ1) is 10.1. The summed E-state index contributed by atoms with van der Waals surface area (Å²) in [6, 6.07) is 3.75. The zero-order valence-corrected chi connectivity index (χ0v) is 12.4. The van der Waals surface area contributed by atoms with E-state index in [9.17, 15) is 13.6 Å². The Morgan fingerprint density at radius 1 is 1.38 bits per heavy atom. The van der Waals surface area contributed by atoms with Crippen LogP contribution in [0.15, 0.2) is 18.2 Å². The highest BCUT2D eigenvalue weighted by Gasteiger charge is 2.26. The Balaban J connectivity index is 2.16. The van der Waals surface area contributed by atoms with Crippen molar-refractivity contribution in [2.24, 2.45) is 0 Å². The Morgan fingerprint density at radius 3 is 2.67 bits per heavy atom. The third-order valence-electron chi connectivity index (χ3n) is 3.85. The van der Waals surface area contributed by atoms with Crippen LogP contribution in [0.3, 0.4) is 0 Å². The van der Waals surface area contributed by atoms with Crippen LogP contribution in [0.2, 0.25) is 0 Å². The Bertz CT molecular complexity index is 467. The van der Waals surface area contributed by atoms with Crippen LogP contribution in [0.1, 0.15) is 43.0 Å². The number of benzene rings is 1. The molecule has 0 spiro atoms. The molecule has 0 aromatic heterocycles. The molecular formula is C16H22F2N2O. The molecule has 1 aliphatic rings. The van der Waals surface area contributed by atoms with Gasteiger partial charge in [-0.3, -0.25) is 4.79 Å². The lowest BCUT2D eigenvalue weighted by molar-refractivity contribution is 0.0729. The molecule has 1 heterocycles. The molecule has 5 heteroatoms. The van der Waals surface area contributed by atoms with Gasteiger partial charge in [0.2, 0.25) is 0 Å². The first-order valence-corrected chi connectivity index (χ1v) is 7.60. The van der Waals surface area contributed by atoms with Crippen molar-refractivity contribution >= 4 is 5.91 Å². The maximum absolute atomic E-state index is 13.8. The number of nitrogens with one attached hydrogen (secondary N) is 1. The molecule has 2 rings (SSSR count). The Kier molecular flexibility index (Phi) is 5.67. The van der Waals surface area contributed by atoms with Gasteiger partial charge in [-0.1, -0.05) is 19.4 Å². The molecule has 0 bridgehead atoms. The van der Waals surface area contributed by atoms with Gasteiger partial charge in [-0.05, 0) is 37.9 Å². The van der Waals surface area contributed by atoms with Crippen molar-refractivity contribution in [3.05, 3.63) is 35.4 Å². The van der Waals surface area contributed by atoms with E-state index in [1.165, 1.54) is 6.07 Å². The number of carbonyl (C=O) groups is 1. The summed E-state index contributed by atoms with van der Waals surface area (Å²) in [5, 5.41) is 3.32. The third kappa shape index (κ3) is 4.00. The van der Waals surface area contributed by atoms with Gasteiger partial charge in [0.15, 0.2) is 0 Å². The molecule has 1 saturated heterocycles. The summed E-state index contributed by atoms with van der Waals surface area (Å²) >= 11 is 0. The predicted octanol–water partition coefficient (Wildman–Crippen LogP) is 2.96. The van der Waals surface area contributed by atoms with Gasteiger partial charge in [-0.25, -0.2) is 8.78 Å². The van der Waals surface area contributed by atoms with Crippen molar-refractivity contribution in [2.45, 2.75) is 38.6 Å². The normalized spacial score (nSPS) is 18.0. The first kappa shape index (κ1) is 15.9. The van der Waals surface area contributed by atoms with Crippen molar-refractivity contribution in [3.63, 3.8) is 0 Å². The highest BCUT2D eigenvalue weighted by Crippen LogP contribution is 2.17. The van der Waals surface area contributed by atoms with Gasteiger partial charge < -0.3 is 10.2 Å². The average molecular weight is 296 g/mol. The fourth-order valence-electron chi connectivity index (χ4n) is 2.66. The van der Waals surface area contributed by atoms with Crippen LogP contribution in [-0.4, -0.2) is 36.5 Å². The van der Waals surface area contributed by atoms with Crippen LogP contribution in [0, 0.1) is 11.6 Å². The number of hydrogen-bond acceptors (Lipinski definition) is 2. The van der Waals surface area contributed by atoms with Crippen molar-refractivity contribution in [3.8, 4) is 0 Å². The first-order valence-electron chi connectivity index (χ1n) is 7.60. The van der Waals surface area contributed by atoms with Crippen LogP contribution in [0.4, 0.5) is 8.78 Å². The van der Waals surface area contributed by atoms with Gasteiger partial charge in [0.1, 0.15) is 17.2 Å². The van der Waals surface area contributed by atoms with E-state index in [1.54, 1.807) is 4.90 Å². The number of halogens is 2. The second-order valence-electron chi connectivity index (χ2n) is 5.49. The van der Waals surface area contributed by atoms with Crippen molar-refractivity contribution in [1.29, 1.82) is 0 Å². The molecule has 0 radical (unpaired) electrons. The highest BCUT2D eigenvalue weighted by atomic mass is 19.1. The summed E-state index contributed by atoms with van der Waals surface area (Å²) in [4.78, 5) is 14.1. The summed E-state index contributed by atoms with van der Waals surface area (Å²) in [6.07, 6.45) is 3.83. The number of amides is 1. The molecule has 1 N–H and O–H groups in total. The molecule has 1 aromatic carbocycles. The fourth-order valence-corrected chi connectivity index (χ4v) is 2.66. The van der Waals surface area contributed by atoms with E-state index >= 15 is 0 Å². The molecule has 1 aromatic rings. The zero-order valence-electron chi connectivity index (χ0n) is 12.4. The summed E-state index contributed by atoms with van der Waals surface area (Å²) in [5.74, 6) is -2.13. The number of rotatable bonds is 6. The molecule has 3 nitrogen and oxygen atoms in total. The zero-order chi connectivity index (χ0) is 15.2. The lowest BCUT2D eigenvalue weighted by atomic mass is 10.1. The minimum absolute atomic E-state index is 0.223. The van der Waals surface area contributed by atoms with E-state index in [2.05, 4.69) is 5.32 Å². The molecule has 1 aliphatic heterocycles. The van der Waals surface area contributed by atoms with E-state index in [0.29, 0.717) is 13.1 Å². The monoisotopic (exact) mass is 296 g/mol. The van der Waals surface area contributed by atoms with E-state index in [4.69, 9.17) is 0 Å². The molecule has 21 heavy (non-hydrogen) atoms. The average Bonchev–Trinajstić information content (AvgIpc) is 2.96. The van der Waals surface area contributed by atoms with Gasteiger partial charge in [0.25, 0.3) is 5.91 Å². The van der Waals surface area contributed by atoms with Crippen LogP contribution >= 0.6 is 0 Å². The Hall–Kier alpha value is -1.49. The fraction of sp³-hybridized carbons (Fsp3) is 0.562. The second-order valence-corrected chi connectivity index (χ2v) is 5.49. The molecular weight excluding hydrogens is 274 g/mol. The summed E-state index contributed by atoms with van der Waals surface area (Å²) in [7, 11) is 0. The van der Waals surface area contributed by atoms with Crippen molar-refractivity contribution in [1.82, 2.24) is 10.2 Å². The van der Waals surface area contributed by atoms with Crippen molar-refractivity contribution < 1.29 is 13.6 Å². The Labute approximate surface area is 124 Å². The highest BCUT2D eigenvalue weighted by molar-refractivity contribution is 5.94. The lowest BCUT2D eigenvalue weighted by Crippen LogP contribution is -2.42. The van der Waals surface area contributed by atoms with E-state index in [0.717, 1.165) is 44.4 Å². The van der Waals surface area contributed by atoms with Crippen LogP contribution in [0.25, 0.3) is 0 Å². The maximum Gasteiger partial charge on any atom is 0.259 e. The summed E-state index contributed by atoms with van der Waals surface area (Å²) in [5.41, 5.74) is -0.438. The number of nitrogens with zero attached hydrogens (tertiary/aromatic N) is 1. The molecule has 0 saturated carbocycles. The van der Waals surface area contributed by atoms with E-state index < -0.39 is 23.1 Å². The van der Waals surface area contributed by atoms with Crippen LogP contribution in [0.5, 0.6) is 0 Å². The van der Waals surface area contributed by atoms with E-state index in [1.807, 2.05) is 6.92 Å². The SMILES string of the molecule is CCCCN(CC1CCCN1)C(=O)c1c(F)cccc1F. The van der Waals surface area contributed by atoms with Gasteiger partial charge in [0.05, 0.1) is 0 Å². The molecule has 1 atom stereocenters. The van der Waals surface area contributed by atoms with Gasteiger partial charge >= 0.3 is 0 Å². The topological polar surface area (TPSA) is 32.3 Å². The van der Waals surface area contributed by atoms with Crippen LogP contribution < -0.4 is 5.32 Å².